The molecule has 0 spiro atoms. The van der Waals surface area contributed by atoms with Crippen LogP contribution in [0, 0.1) is 0 Å². The normalized spacial score (nSPS) is 13.9. The van der Waals surface area contributed by atoms with Gasteiger partial charge in [0.05, 0.1) is 18.8 Å². The number of amides is 1. The van der Waals surface area contributed by atoms with Crippen LogP contribution in [0.3, 0.4) is 0 Å². The number of unbranched alkanes of at least 4 members (excludes halogenated alkanes) is 15. The lowest BCUT2D eigenvalue weighted by Gasteiger charge is -2.19. The van der Waals surface area contributed by atoms with Gasteiger partial charge in [-0.15, -0.1) is 0 Å². The van der Waals surface area contributed by atoms with Crippen molar-refractivity contribution in [2.75, 3.05) is 6.61 Å². The van der Waals surface area contributed by atoms with Crippen molar-refractivity contribution in [2.45, 2.75) is 167 Å². The summed E-state index contributed by atoms with van der Waals surface area (Å²) in [5, 5.41) is 22.8. The average molecular weight is 586 g/mol. The first-order chi connectivity index (χ1) is 20.7. The molecule has 42 heavy (non-hydrogen) atoms. The van der Waals surface area contributed by atoms with Gasteiger partial charge in [0.2, 0.25) is 5.91 Å². The predicted molar refractivity (Wildman–Crippen MR) is 184 cm³/mol. The molecule has 4 nitrogen and oxygen atoms in total. The molecule has 0 rings (SSSR count). The zero-order valence-corrected chi connectivity index (χ0v) is 27.5. The molecular formula is C38H67NO3. The molecule has 0 aromatic heterocycles. The number of carbonyl (C=O) groups excluding carboxylic acids is 1. The van der Waals surface area contributed by atoms with Crippen LogP contribution in [0.2, 0.25) is 0 Å². The number of rotatable bonds is 30. The van der Waals surface area contributed by atoms with Crippen LogP contribution in [-0.2, 0) is 4.79 Å². The van der Waals surface area contributed by atoms with Crippen LogP contribution in [0.4, 0.5) is 0 Å². The van der Waals surface area contributed by atoms with E-state index < -0.39 is 12.1 Å². The van der Waals surface area contributed by atoms with Gasteiger partial charge in [0, 0.05) is 6.42 Å². The summed E-state index contributed by atoms with van der Waals surface area (Å²) in [6, 6.07) is -0.645. The average Bonchev–Trinajstić information content (AvgIpc) is 2.99. The molecule has 1 amide bonds. The van der Waals surface area contributed by atoms with Gasteiger partial charge in [-0.25, -0.2) is 0 Å². The fourth-order valence-corrected chi connectivity index (χ4v) is 4.73. The number of aliphatic hydroxyl groups is 2. The first-order valence-electron chi connectivity index (χ1n) is 17.5. The summed E-state index contributed by atoms with van der Waals surface area (Å²) < 4.78 is 0. The molecular weight excluding hydrogens is 518 g/mol. The summed E-state index contributed by atoms with van der Waals surface area (Å²) in [6.07, 6.45) is 45.8. The van der Waals surface area contributed by atoms with Crippen molar-refractivity contribution in [3.8, 4) is 0 Å². The molecule has 242 valence electrons. The molecule has 0 aromatic rings. The van der Waals surface area contributed by atoms with Crippen molar-refractivity contribution >= 4 is 5.91 Å². The molecule has 2 unspecified atom stereocenters. The van der Waals surface area contributed by atoms with Gasteiger partial charge in [-0.1, -0.05) is 139 Å². The summed E-state index contributed by atoms with van der Waals surface area (Å²) in [6.45, 7) is 4.21. The second kappa shape index (κ2) is 33.6. The highest BCUT2D eigenvalue weighted by Gasteiger charge is 2.17. The smallest absolute Gasteiger partial charge is 0.220 e. The van der Waals surface area contributed by atoms with E-state index in [1.807, 2.05) is 6.08 Å². The molecule has 0 aliphatic carbocycles. The van der Waals surface area contributed by atoms with Crippen molar-refractivity contribution in [3.63, 3.8) is 0 Å². The third kappa shape index (κ3) is 29.6. The zero-order chi connectivity index (χ0) is 30.8. The highest BCUT2D eigenvalue weighted by molar-refractivity contribution is 5.76. The van der Waals surface area contributed by atoms with Crippen LogP contribution < -0.4 is 5.32 Å². The topological polar surface area (TPSA) is 69.6 Å². The van der Waals surface area contributed by atoms with Gasteiger partial charge in [0.15, 0.2) is 0 Å². The summed E-state index contributed by atoms with van der Waals surface area (Å²) in [4.78, 5) is 12.3. The number of hydrogen-bond donors (Lipinski definition) is 3. The molecule has 0 aliphatic heterocycles. The van der Waals surface area contributed by atoms with Gasteiger partial charge >= 0.3 is 0 Å². The van der Waals surface area contributed by atoms with Gasteiger partial charge < -0.3 is 15.5 Å². The van der Waals surface area contributed by atoms with Gasteiger partial charge in [0.25, 0.3) is 0 Å². The molecule has 0 aliphatic rings. The third-order valence-electron chi connectivity index (χ3n) is 7.47. The van der Waals surface area contributed by atoms with Crippen molar-refractivity contribution < 1.29 is 15.0 Å². The molecule has 0 aromatic carbocycles. The second-order valence-electron chi connectivity index (χ2n) is 11.6. The molecule has 0 saturated carbocycles. The van der Waals surface area contributed by atoms with Crippen molar-refractivity contribution in [1.29, 1.82) is 0 Å². The zero-order valence-electron chi connectivity index (χ0n) is 27.5. The maximum atomic E-state index is 12.3. The van der Waals surface area contributed by atoms with Crippen molar-refractivity contribution in [3.05, 3.63) is 60.8 Å². The molecule has 4 heteroatoms. The molecule has 0 radical (unpaired) electrons. The highest BCUT2D eigenvalue weighted by atomic mass is 16.3. The molecule has 0 bridgehead atoms. The first kappa shape index (κ1) is 40.1. The molecule has 0 saturated heterocycles. The molecule has 2 atom stereocenters. The van der Waals surface area contributed by atoms with Crippen LogP contribution in [0.15, 0.2) is 60.8 Å². The monoisotopic (exact) mass is 586 g/mol. The fraction of sp³-hybridized carbons (Fsp3) is 0.711. The standard InChI is InChI=1S/C38H67NO3/c1-3-5-7-9-11-13-15-16-17-18-19-20-21-22-24-26-28-30-32-34-38(42)39-36(35-40)37(41)33-31-29-27-25-23-14-12-10-8-6-4-2/h11,13,16-17,19-20,23,25,31,33,36-37,40-41H,3-10,12,14-15,18,21-22,24,26-30,32,34-35H2,1-2H3,(H,39,42)/b13-11-,17-16-,20-19-,25-23+,33-31+. The predicted octanol–water partition coefficient (Wildman–Crippen LogP) is 10.2. The number of carbonyl (C=O) groups is 1. The molecule has 0 heterocycles. The lowest BCUT2D eigenvalue weighted by molar-refractivity contribution is -0.123. The SMILES string of the molecule is CCCCC/C=C\C/C=C\C/C=C\CCCCCCCCC(=O)NC(CO)C(O)/C=C/CC/C=C/CCCCCCC. The lowest BCUT2D eigenvalue weighted by atomic mass is 10.1. The Morgan fingerprint density at radius 1 is 0.571 bits per heavy atom. The van der Waals surface area contributed by atoms with Crippen LogP contribution in [0.1, 0.15) is 155 Å². The fourth-order valence-electron chi connectivity index (χ4n) is 4.73. The number of aliphatic hydroxyl groups excluding tert-OH is 2. The quantitative estimate of drug-likeness (QED) is 0.0580. The molecule has 0 fully saturated rings. The number of allylic oxidation sites excluding steroid dienone is 9. The van der Waals surface area contributed by atoms with E-state index >= 15 is 0 Å². The minimum atomic E-state index is -0.867. The Balaban J connectivity index is 3.72. The van der Waals surface area contributed by atoms with E-state index in [1.165, 1.54) is 77.0 Å². The highest BCUT2D eigenvalue weighted by Crippen LogP contribution is 2.10. The van der Waals surface area contributed by atoms with E-state index in [4.69, 9.17) is 0 Å². The third-order valence-corrected chi connectivity index (χ3v) is 7.47. The Hall–Kier alpha value is -1.91. The lowest BCUT2D eigenvalue weighted by Crippen LogP contribution is -2.45. The maximum Gasteiger partial charge on any atom is 0.220 e. The number of hydrogen-bond acceptors (Lipinski definition) is 3. The van der Waals surface area contributed by atoms with E-state index in [0.29, 0.717) is 6.42 Å². The van der Waals surface area contributed by atoms with E-state index in [9.17, 15) is 15.0 Å². The van der Waals surface area contributed by atoms with Gasteiger partial charge in [-0.05, 0) is 70.6 Å². The Bertz CT molecular complexity index is 722. The second-order valence-corrected chi connectivity index (χ2v) is 11.6. The van der Waals surface area contributed by atoms with Crippen LogP contribution >= 0.6 is 0 Å². The molecule has 3 N–H and O–H groups in total. The van der Waals surface area contributed by atoms with E-state index in [0.717, 1.165) is 57.8 Å². The summed E-state index contributed by atoms with van der Waals surface area (Å²) in [7, 11) is 0. The largest absolute Gasteiger partial charge is 0.394 e. The van der Waals surface area contributed by atoms with Gasteiger partial charge in [0.1, 0.15) is 0 Å². The van der Waals surface area contributed by atoms with Crippen molar-refractivity contribution in [2.24, 2.45) is 0 Å². The van der Waals surface area contributed by atoms with Gasteiger partial charge in [-0.2, -0.15) is 0 Å². The first-order valence-corrected chi connectivity index (χ1v) is 17.5. The Morgan fingerprint density at radius 2 is 1.00 bits per heavy atom. The summed E-state index contributed by atoms with van der Waals surface area (Å²) in [5.41, 5.74) is 0. The minimum Gasteiger partial charge on any atom is -0.394 e. The van der Waals surface area contributed by atoms with Crippen LogP contribution in [0.25, 0.3) is 0 Å². The summed E-state index contributed by atoms with van der Waals surface area (Å²) in [5.74, 6) is -0.0921. The number of nitrogens with one attached hydrogen (secondary N) is 1. The Kier molecular flexibility index (Phi) is 32.1. The minimum absolute atomic E-state index is 0.0921. The summed E-state index contributed by atoms with van der Waals surface area (Å²) >= 11 is 0. The maximum absolute atomic E-state index is 12.3. The van der Waals surface area contributed by atoms with Gasteiger partial charge in [-0.3, -0.25) is 4.79 Å². The van der Waals surface area contributed by atoms with E-state index in [1.54, 1.807) is 6.08 Å². The van der Waals surface area contributed by atoms with Crippen LogP contribution in [0.5, 0.6) is 0 Å². The Labute approximate surface area is 260 Å². The Morgan fingerprint density at radius 3 is 1.60 bits per heavy atom. The van der Waals surface area contributed by atoms with Crippen LogP contribution in [-0.4, -0.2) is 34.9 Å². The van der Waals surface area contributed by atoms with E-state index in [2.05, 4.69) is 67.8 Å². The van der Waals surface area contributed by atoms with Crippen molar-refractivity contribution in [1.82, 2.24) is 5.32 Å². The van der Waals surface area contributed by atoms with E-state index in [-0.39, 0.29) is 12.5 Å².